The first-order chi connectivity index (χ1) is 9.29. The molecule has 1 aliphatic rings. The summed E-state index contributed by atoms with van der Waals surface area (Å²) in [6.07, 6.45) is 1.02. The Hall–Kier alpha value is -1.39. The first-order valence-corrected chi connectivity index (χ1v) is 7.56. The molecule has 1 aromatic carbocycles. The Morgan fingerprint density at radius 1 is 1.47 bits per heavy atom. The van der Waals surface area contributed by atoms with E-state index in [-0.39, 0.29) is 6.04 Å². The molecule has 0 aliphatic carbocycles. The molecule has 1 aliphatic heterocycles. The second-order valence-electron chi connectivity index (χ2n) is 4.76. The minimum Gasteiger partial charge on any atom is -0.493 e. The highest BCUT2D eigenvalue weighted by atomic mass is 32.1. The molecule has 2 aromatic rings. The van der Waals surface area contributed by atoms with E-state index >= 15 is 0 Å². The van der Waals surface area contributed by atoms with Crippen LogP contribution >= 0.6 is 11.3 Å². The van der Waals surface area contributed by atoms with Crippen LogP contribution < -0.4 is 10.1 Å². The SMILES string of the molecule is CCNC(c1ccc2c(c1)CCO2)c1scnc1C. The Morgan fingerprint density at radius 3 is 3.11 bits per heavy atom. The molecule has 1 unspecified atom stereocenters. The van der Waals surface area contributed by atoms with E-state index in [0.29, 0.717) is 0 Å². The fourth-order valence-corrected chi connectivity index (χ4v) is 3.44. The Bertz CT molecular complexity index is 579. The second kappa shape index (κ2) is 5.31. The monoisotopic (exact) mass is 274 g/mol. The van der Waals surface area contributed by atoms with E-state index in [1.54, 1.807) is 11.3 Å². The average molecular weight is 274 g/mol. The summed E-state index contributed by atoms with van der Waals surface area (Å²) < 4.78 is 5.58. The third kappa shape index (κ3) is 2.38. The number of nitrogens with zero attached hydrogens (tertiary/aromatic N) is 1. The molecule has 19 heavy (non-hydrogen) atoms. The van der Waals surface area contributed by atoms with Crippen LogP contribution in [0.5, 0.6) is 5.75 Å². The van der Waals surface area contributed by atoms with Gasteiger partial charge in [0.2, 0.25) is 0 Å². The van der Waals surface area contributed by atoms with Gasteiger partial charge >= 0.3 is 0 Å². The van der Waals surface area contributed by atoms with E-state index < -0.39 is 0 Å². The first kappa shape index (κ1) is 12.6. The molecule has 1 atom stereocenters. The number of fused-ring (bicyclic) bond motifs is 1. The molecule has 3 nitrogen and oxygen atoms in total. The van der Waals surface area contributed by atoms with Crippen LogP contribution in [0.1, 0.15) is 34.7 Å². The van der Waals surface area contributed by atoms with Crippen molar-refractivity contribution in [1.82, 2.24) is 10.3 Å². The van der Waals surface area contributed by atoms with Crippen molar-refractivity contribution in [2.24, 2.45) is 0 Å². The smallest absolute Gasteiger partial charge is 0.122 e. The van der Waals surface area contributed by atoms with Gasteiger partial charge in [-0.1, -0.05) is 19.1 Å². The number of benzene rings is 1. The van der Waals surface area contributed by atoms with E-state index in [9.17, 15) is 0 Å². The third-order valence-electron chi connectivity index (χ3n) is 3.50. The van der Waals surface area contributed by atoms with Crippen LogP contribution in [-0.4, -0.2) is 18.1 Å². The Labute approximate surface area is 117 Å². The molecule has 0 saturated heterocycles. The summed E-state index contributed by atoms with van der Waals surface area (Å²) in [6.45, 7) is 5.96. The molecule has 0 spiro atoms. The fraction of sp³-hybridized carbons (Fsp3) is 0.400. The number of rotatable bonds is 4. The molecule has 0 radical (unpaired) electrons. The van der Waals surface area contributed by atoms with Crippen LogP contribution in [0, 0.1) is 6.92 Å². The molecule has 0 amide bonds. The van der Waals surface area contributed by atoms with Crippen molar-refractivity contribution in [2.45, 2.75) is 26.3 Å². The summed E-state index contributed by atoms with van der Waals surface area (Å²) >= 11 is 1.72. The minimum atomic E-state index is 0.239. The zero-order valence-electron chi connectivity index (χ0n) is 11.3. The Morgan fingerprint density at radius 2 is 2.37 bits per heavy atom. The Kier molecular flexibility index (Phi) is 3.53. The van der Waals surface area contributed by atoms with E-state index in [4.69, 9.17) is 4.74 Å². The fourth-order valence-electron chi connectivity index (χ4n) is 2.54. The predicted molar refractivity (Wildman–Crippen MR) is 78.0 cm³/mol. The van der Waals surface area contributed by atoms with Crippen molar-refractivity contribution >= 4 is 11.3 Å². The summed E-state index contributed by atoms with van der Waals surface area (Å²) in [7, 11) is 0. The number of aryl methyl sites for hydroxylation is 1. The van der Waals surface area contributed by atoms with Gasteiger partial charge in [0.1, 0.15) is 5.75 Å². The molecule has 0 fully saturated rings. The lowest BCUT2D eigenvalue weighted by molar-refractivity contribution is 0.357. The minimum absolute atomic E-state index is 0.239. The standard InChI is InChI=1S/C15H18N2OS/c1-3-16-14(15-10(2)17-9-19-15)12-4-5-13-11(8-12)6-7-18-13/h4-5,8-9,14,16H,3,6-7H2,1-2H3. The van der Waals surface area contributed by atoms with Crippen LogP contribution in [0.25, 0.3) is 0 Å². The van der Waals surface area contributed by atoms with E-state index in [2.05, 4.69) is 42.3 Å². The average Bonchev–Trinajstić information content (AvgIpc) is 3.03. The van der Waals surface area contributed by atoms with Gasteiger partial charge in [-0.2, -0.15) is 0 Å². The van der Waals surface area contributed by atoms with Crippen molar-refractivity contribution in [3.63, 3.8) is 0 Å². The van der Waals surface area contributed by atoms with E-state index in [1.807, 2.05) is 5.51 Å². The van der Waals surface area contributed by atoms with Gasteiger partial charge in [-0.15, -0.1) is 11.3 Å². The molecule has 3 rings (SSSR count). The van der Waals surface area contributed by atoms with Crippen molar-refractivity contribution in [3.05, 3.63) is 45.4 Å². The molecule has 0 saturated carbocycles. The van der Waals surface area contributed by atoms with Gasteiger partial charge in [0.25, 0.3) is 0 Å². The van der Waals surface area contributed by atoms with E-state index in [0.717, 1.165) is 31.0 Å². The number of aromatic nitrogens is 1. The molecule has 2 heterocycles. The number of ether oxygens (including phenoxy) is 1. The molecule has 1 N–H and O–H groups in total. The number of hydrogen-bond acceptors (Lipinski definition) is 4. The molecule has 4 heteroatoms. The Balaban J connectivity index is 1.98. The topological polar surface area (TPSA) is 34.1 Å². The summed E-state index contributed by atoms with van der Waals surface area (Å²) in [5.41, 5.74) is 5.67. The highest BCUT2D eigenvalue weighted by Gasteiger charge is 2.20. The maximum Gasteiger partial charge on any atom is 0.122 e. The van der Waals surface area contributed by atoms with Crippen molar-refractivity contribution in [2.75, 3.05) is 13.2 Å². The predicted octanol–water partition coefficient (Wildman–Crippen LogP) is 3.09. The van der Waals surface area contributed by atoms with Crippen LogP contribution in [0.3, 0.4) is 0 Å². The van der Waals surface area contributed by atoms with Crippen molar-refractivity contribution in [3.8, 4) is 5.75 Å². The molecular weight excluding hydrogens is 256 g/mol. The maximum absolute atomic E-state index is 5.58. The molecular formula is C15H18N2OS. The van der Waals surface area contributed by atoms with Crippen LogP contribution in [0.15, 0.2) is 23.7 Å². The lowest BCUT2D eigenvalue weighted by Crippen LogP contribution is -2.21. The van der Waals surface area contributed by atoms with Gasteiger partial charge in [0.15, 0.2) is 0 Å². The van der Waals surface area contributed by atoms with Gasteiger partial charge in [-0.3, -0.25) is 0 Å². The third-order valence-corrected chi connectivity index (χ3v) is 4.50. The first-order valence-electron chi connectivity index (χ1n) is 6.68. The van der Waals surface area contributed by atoms with Crippen molar-refractivity contribution in [1.29, 1.82) is 0 Å². The second-order valence-corrected chi connectivity index (χ2v) is 5.64. The highest BCUT2D eigenvalue weighted by Crippen LogP contribution is 2.32. The largest absolute Gasteiger partial charge is 0.493 e. The summed E-state index contributed by atoms with van der Waals surface area (Å²) in [4.78, 5) is 5.68. The van der Waals surface area contributed by atoms with Gasteiger partial charge in [0.05, 0.1) is 23.9 Å². The lowest BCUT2D eigenvalue weighted by atomic mass is 10.0. The van der Waals surface area contributed by atoms with Crippen LogP contribution in [0.4, 0.5) is 0 Å². The molecule has 100 valence electrons. The van der Waals surface area contributed by atoms with Crippen LogP contribution in [0.2, 0.25) is 0 Å². The van der Waals surface area contributed by atoms with Gasteiger partial charge in [-0.05, 0) is 30.7 Å². The van der Waals surface area contributed by atoms with Gasteiger partial charge in [-0.25, -0.2) is 4.98 Å². The lowest BCUT2D eigenvalue weighted by Gasteiger charge is -2.18. The number of nitrogens with one attached hydrogen (secondary N) is 1. The van der Waals surface area contributed by atoms with Crippen LogP contribution in [-0.2, 0) is 6.42 Å². The number of thiazole rings is 1. The summed E-state index contributed by atoms with van der Waals surface area (Å²) in [6, 6.07) is 6.77. The van der Waals surface area contributed by atoms with E-state index in [1.165, 1.54) is 16.0 Å². The zero-order valence-corrected chi connectivity index (χ0v) is 12.1. The summed E-state index contributed by atoms with van der Waals surface area (Å²) in [5, 5.41) is 3.56. The normalized spacial score (nSPS) is 15.1. The summed E-state index contributed by atoms with van der Waals surface area (Å²) in [5.74, 6) is 1.04. The highest BCUT2D eigenvalue weighted by molar-refractivity contribution is 7.09. The quantitative estimate of drug-likeness (QED) is 0.930. The van der Waals surface area contributed by atoms with Gasteiger partial charge < -0.3 is 10.1 Å². The molecule has 0 bridgehead atoms. The van der Waals surface area contributed by atoms with Crippen molar-refractivity contribution < 1.29 is 4.74 Å². The van der Waals surface area contributed by atoms with Gasteiger partial charge in [0, 0.05) is 11.3 Å². The zero-order chi connectivity index (χ0) is 13.2. The molecule has 1 aromatic heterocycles. The number of hydrogen-bond donors (Lipinski definition) is 1. The maximum atomic E-state index is 5.58.